The molecule has 96 valence electrons. The predicted octanol–water partition coefficient (Wildman–Crippen LogP) is 2.83. The minimum atomic E-state index is 0. The largest absolute Gasteiger partial charge is 0.330 e. The van der Waals surface area contributed by atoms with Crippen LogP contribution in [0.25, 0.3) is 15.5 Å². The normalized spacial score (nSPS) is 10.7. The fraction of sp³-hybridized carbons (Fsp3) is 0.273. The topological polar surface area (TPSA) is 56.2 Å². The molecule has 0 spiro atoms. The molecular formula is C11H13ClN4S2. The van der Waals surface area contributed by atoms with Crippen LogP contribution in [0, 0.1) is 0 Å². The summed E-state index contributed by atoms with van der Waals surface area (Å²) < 4.78 is 1.87. The summed E-state index contributed by atoms with van der Waals surface area (Å²) >= 11 is 3.34. The second-order valence-electron chi connectivity index (χ2n) is 3.72. The molecule has 0 aromatic carbocycles. The summed E-state index contributed by atoms with van der Waals surface area (Å²) in [7, 11) is 0. The third-order valence-electron chi connectivity index (χ3n) is 2.45. The molecule has 0 atom stereocenters. The highest BCUT2D eigenvalue weighted by Crippen LogP contribution is 2.25. The number of fused-ring (bicyclic) bond motifs is 1. The first-order chi connectivity index (χ1) is 8.36. The molecule has 0 fully saturated rings. The Labute approximate surface area is 119 Å². The molecular weight excluding hydrogens is 288 g/mol. The Bertz CT molecular complexity index is 583. The maximum atomic E-state index is 5.49. The van der Waals surface area contributed by atoms with Gasteiger partial charge in [0.25, 0.3) is 0 Å². The lowest BCUT2D eigenvalue weighted by atomic mass is 10.3. The number of rotatable bonds is 4. The Kier molecular flexibility index (Phi) is 4.34. The molecule has 0 bridgehead atoms. The fourth-order valence-electron chi connectivity index (χ4n) is 1.64. The molecule has 3 aromatic heterocycles. The van der Waals surface area contributed by atoms with Gasteiger partial charge in [0.2, 0.25) is 4.96 Å². The Morgan fingerprint density at radius 3 is 2.94 bits per heavy atom. The van der Waals surface area contributed by atoms with Crippen LogP contribution in [-0.2, 0) is 6.42 Å². The molecule has 3 heterocycles. The molecule has 0 radical (unpaired) electrons. The number of hydrogen-bond donors (Lipinski definition) is 1. The third-order valence-corrected chi connectivity index (χ3v) is 4.33. The van der Waals surface area contributed by atoms with Gasteiger partial charge >= 0.3 is 0 Å². The third kappa shape index (κ3) is 2.56. The average molecular weight is 301 g/mol. The maximum Gasteiger partial charge on any atom is 0.212 e. The second kappa shape index (κ2) is 5.79. The van der Waals surface area contributed by atoms with Crippen LogP contribution in [0.5, 0.6) is 0 Å². The van der Waals surface area contributed by atoms with Crippen LogP contribution in [0.3, 0.4) is 0 Å². The van der Waals surface area contributed by atoms with Crippen molar-refractivity contribution in [1.29, 1.82) is 0 Å². The highest BCUT2D eigenvalue weighted by molar-refractivity contribution is 7.16. The molecule has 0 saturated heterocycles. The minimum absolute atomic E-state index is 0. The number of hydrogen-bond acceptors (Lipinski definition) is 5. The molecule has 0 aliphatic rings. The van der Waals surface area contributed by atoms with Crippen molar-refractivity contribution in [2.24, 2.45) is 5.73 Å². The average Bonchev–Trinajstić information content (AvgIpc) is 3.00. The van der Waals surface area contributed by atoms with E-state index < -0.39 is 0 Å². The molecule has 7 heteroatoms. The SMILES string of the molecule is Cl.NCCCc1nn2cc(-c3cccs3)nc2s1. The lowest BCUT2D eigenvalue weighted by Gasteiger charge is -1.90. The van der Waals surface area contributed by atoms with Crippen LogP contribution in [0.2, 0.25) is 0 Å². The number of thiophene rings is 1. The van der Waals surface area contributed by atoms with Gasteiger partial charge in [0.05, 0.1) is 11.1 Å². The first kappa shape index (κ1) is 13.5. The molecule has 4 nitrogen and oxygen atoms in total. The number of halogens is 1. The Morgan fingerprint density at radius 1 is 1.39 bits per heavy atom. The highest BCUT2D eigenvalue weighted by Gasteiger charge is 2.09. The summed E-state index contributed by atoms with van der Waals surface area (Å²) in [5.74, 6) is 0. The van der Waals surface area contributed by atoms with Crippen LogP contribution in [0.4, 0.5) is 0 Å². The number of nitrogens with zero attached hydrogens (tertiary/aromatic N) is 3. The molecule has 0 amide bonds. The lowest BCUT2D eigenvalue weighted by molar-refractivity contribution is 0.799. The summed E-state index contributed by atoms with van der Waals surface area (Å²) in [6.07, 6.45) is 3.91. The van der Waals surface area contributed by atoms with Crippen molar-refractivity contribution < 1.29 is 0 Å². The van der Waals surface area contributed by atoms with Crippen LogP contribution in [0.15, 0.2) is 23.7 Å². The van der Waals surface area contributed by atoms with E-state index >= 15 is 0 Å². The molecule has 0 aliphatic carbocycles. The number of aromatic nitrogens is 3. The van der Waals surface area contributed by atoms with E-state index in [0.717, 1.165) is 28.5 Å². The first-order valence-corrected chi connectivity index (χ1v) is 7.15. The fourth-order valence-corrected chi connectivity index (χ4v) is 3.24. The van der Waals surface area contributed by atoms with Gasteiger partial charge < -0.3 is 5.73 Å². The van der Waals surface area contributed by atoms with Gasteiger partial charge in [-0.1, -0.05) is 17.4 Å². The van der Waals surface area contributed by atoms with E-state index in [0.29, 0.717) is 6.54 Å². The molecule has 0 aliphatic heterocycles. The smallest absolute Gasteiger partial charge is 0.212 e. The molecule has 0 unspecified atom stereocenters. The van der Waals surface area contributed by atoms with E-state index in [1.54, 1.807) is 22.7 Å². The molecule has 0 saturated carbocycles. The van der Waals surface area contributed by atoms with Gasteiger partial charge in [0.1, 0.15) is 10.7 Å². The van der Waals surface area contributed by atoms with Crippen LogP contribution >= 0.6 is 35.1 Å². The van der Waals surface area contributed by atoms with Gasteiger partial charge in [-0.25, -0.2) is 9.50 Å². The monoisotopic (exact) mass is 300 g/mol. The molecule has 2 N–H and O–H groups in total. The van der Waals surface area contributed by atoms with Crippen molar-refractivity contribution in [1.82, 2.24) is 14.6 Å². The summed E-state index contributed by atoms with van der Waals surface area (Å²) in [5, 5.41) is 7.67. The summed E-state index contributed by atoms with van der Waals surface area (Å²) in [6, 6.07) is 4.11. The van der Waals surface area contributed by atoms with Crippen LogP contribution in [0.1, 0.15) is 11.4 Å². The van der Waals surface area contributed by atoms with Gasteiger partial charge in [0, 0.05) is 6.42 Å². The van der Waals surface area contributed by atoms with E-state index in [-0.39, 0.29) is 12.4 Å². The zero-order chi connectivity index (χ0) is 11.7. The summed E-state index contributed by atoms with van der Waals surface area (Å²) in [6.45, 7) is 0.711. The van der Waals surface area contributed by atoms with Crippen molar-refractivity contribution in [3.05, 3.63) is 28.7 Å². The number of nitrogens with two attached hydrogens (primary N) is 1. The summed E-state index contributed by atoms with van der Waals surface area (Å²) in [5.41, 5.74) is 6.49. The van der Waals surface area contributed by atoms with Gasteiger partial charge in [-0.05, 0) is 24.4 Å². The number of imidazole rings is 1. The zero-order valence-corrected chi connectivity index (χ0v) is 12.0. The zero-order valence-electron chi connectivity index (χ0n) is 9.57. The lowest BCUT2D eigenvalue weighted by Crippen LogP contribution is -2.00. The van der Waals surface area contributed by atoms with E-state index in [1.165, 1.54) is 4.88 Å². The molecule has 18 heavy (non-hydrogen) atoms. The van der Waals surface area contributed by atoms with Crippen molar-refractivity contribution in [2.45, 2.75) is 12.8 Å². The first-order valence-electron chi connectivity index (χ1n) is 5.46. The minimum Gasteiger partial charge on any atom is -0.330 e. The quantitative estimate of drug-likeness (QED) is 0.806. The van der Waals surface area contributed by atoms with Gasteiger partial charge in [0.15, 0.2) is 0 Å². The second-order valence-corrected chi connectivity index (χ2v) is 5.71. The standard InChI is InChI=1S/C11H12N4S2.ClH/c12-5-1-4-10-14-15-7-8(13-11(15)17-10)9-3-2-6-16-9;/h2-3,6-7H,1,4-5,12H2;1H. The maximum absolute atomic E-state index is 5.49. The van der Waals surface area contributed by atoms with E-state index in [1.807, 2.05) is 16.8 Å². The van der Waals surface area contributed by atoms with Gasteiger partial charge in [-0.3, -0.25) is 0 Å². The van der Waals surface area contributed by atoms with Gasteiger partial charge in [-0.15, -0.1) is 23.7 Å². The number of aryl methyl sites for hydroxylation is 1. The molecule has 3 aromatic rings. The van der Waals surface area contributed by atoms with Crippen molar-refractivity contribution in [2.75, 3.05) is 6.54 Å². The van der Waals surface area contributed by atoms with Gasteiger partial charge in [-0.2, -0.15) is 5.10 Å². The Hall–Kier alpha value is -0.950. The van der Waals surface area contributed by atoms with E-state index in [4.69, 9.17) is 5.73 Å². The van der Waals surface area contributed by atoms with Crippen LogP contribution in [-0.4, -0.2) is 21.1 Å². The van der Waals surface area contributed by atoms with E-state index in [2.05, 4.69) is 21.5 Å². The Balaban J connectivity index is 0.00000120. The van der Waals surface area contributed by atoms with E-state index in [9.17, 15) is 0 Å². The van der Waals surface area contributed by atoms with Crippen LogP contribution < -0.4 is 5.73 Å². The van der Waals surface area contributed by atoms with Crippen molar-refractivity contribution in [3.63, 3.8) is 0 Å². The van der Waals surface area contributed by atoms with Crippen molar-refractivity contribution in [3.8, 4) is 10.6 Å². The predicted molar refractivity (Wildman–Crippen MR) is 78.8 cm³/mol. The highest BCUT2D eigenvalue weighted by atomic mass is 35.5. The Morgan fingerprint density at radius 2 is 2.28 bits per heavy atom. The summed E-state index contributed by atoms with van der Waals surface area (Å²) in [4.78, 5) is 6.73. The van der Waals surface area contributed by atoms with Crippen molar-refractivity contribution >= 4 is 40.0 Å². The molecule has 3 rings (SSSR count).